The minimum Gasteiger partial charge on any atom is -0.336 e. The molecule has 0 aliphatic carbocycles. The van der Waals surface area contributed by atoms with E-state index in [4.69, 9.17) is 0 Å². The fourth-order valence-electron chi connectivity index (χ4n) is 3.03. The van der Waals surface area contributed by atoms with Crippen molar-refractivity contribution in [2.24, 2.45) is 0 Å². The summed E-state index contributed by atoms with van der Waals surface area (Å²) in [5.41, 5.74) is 2.59. The van der Waals surface area contributed by atoms with Gasteiger partial charge in [-0.25, -0.2) is 8.78 Å². The van der Waals surface area contributed by atoms with Gasteiger partial charge in [0.15, 0.2) is 0 Å². The van der Waals surface area contributed by atoms with E-state index < -0.39 is 11.6 Å². The summed E-state index contributed by atoms with van der Waals surface area (Å²) in [6.07, 6.45) is 0. The van der Waals surface area contributed by atoms with Crippen molar-refractivity contribution in [3.05, 3.63) is 83.9 Å². The quantitative estimate of drug-likeness (QED) is 0.483. The van der Waals surface area contributed by atoms with Gasteiger partial charge in [-0.15, -0.1) is 0 Å². The minimum absolute atomic E-state index is 0.480. The molecule has 0 aliphatic heterocycles. The van der Waals surface area contributed by atoms with Crippen LogP contribution < -0.4 is 0 Å². The van der Waals surface area contributed by atoms with Crippen molar-refractivity contribution in [2.75, 3.05) is 0 Å². The zero-order valence-corrected chi connectivity index (χ0v) is 11.8. The monoisotopic (exact) mass is 293 g/mol. The molecule has 0 unspecified atom stereocenters. The summed E-state index contributed by atoms with van der Waals surface area (Å²) < 4.78 is 29.9. The number of nitrogens with zero attached hydrogens (tertiary/aromatic N) is 1. The molecule has 0 saturated carbocycles. The molecule has 3 aromatic carbocycles. The Balaban J connectivity index is 2.06. The molecule has 0 fully saturated rings. The van der Waals surface area contributed by atoms with Crippen LogP contribution in [-0.4, -0.2) is 4.57 Å². The van der Waals surface area contributed by atoms with Gasteiger partial charge in [0.25, 0.3) is 0 Å². The van der Waals surface area contributed by atoms with Crippen LogP contribution >= 0.6 is 0 Å². The molecular formula is C19H13F2N. The number of para-hydroxylation sites is 1. The number of aromatic nitrogens is 1. The van der Waals surface area contributed by atoms with E-state index in [1.54, 1.807) is 0 Å². The number of hydrogen-bond donors (Lipinski definition) is 0. The molecule has 0 radical (unpaired) electrons. The van der Waals surface area contributed by atoms with Gasteiger partial charge in [0.1, 0.15) is 11.6 Å². The van der Waals surface area contributed by atoms with Crippen molar-refractivity contribution < 1.29 is 8.78 Å². The van der Waals surface area contributed by atoms with E-state index in [1.165, 1.54) is 6.07 Å². The standard InChI is InChI=1S/C19H13F2N/c20-14-10-16(21)19-15-8-4-5-9-17(15)22(18(19)11-14)12-13-6-2-1-3-7-13/h1-11H,12H2. The van der Waals surface area contributed by atoms with E-state index in [1.807, 2.05) is 59.2 Å². The van der Waals surface area contributed by atoms with Gasteiger partial charge < -0.3 is 4.57 Å². The Hall–Kier alpha value is -2.68. The average molecular weight is 293 g/mol. The van der Waals surface area contributed by atoms with Crippen LogP contribution in [0.2, 0.25) is 0 Å². The summed E-state index contributed by atoms with van der Waals surface area (Å²) >= 11 is 0. The lowest BCUT2D eigenvalue weighted by atomic mass is 10.1. The molecule has 0 amide bonds. The molecular weight excluding hydrogens is 280 g/mol. The summed E-state index contributed by atoms with van der Waals surface area (Å²) in [4.78, 5) is 0. The third kappa shape index (κ3) is 1.98. The maximum Gasteiger partial charge on any atom is 0.136 e. The molecule has 0 saturated heterocycles. The average Bonchev–Trinajstić information content (AvgIpc) is 2.83. The van der Waals surface area contributed by atoms with Crippen LogP contribution in [-0.2, 0) is 6.54 Å². The fraction of sp³-hybridized carbons (Fsp3) is 0.0526. The lowest BCUT2D eigenvalue weighted by molar-refractivity contribution is 0.591. The molecule has 0 N–H and O–H groups in total. The Kier molecular flexibility index (Phi) is 2.93. The largest absolute Gasteiger partial charge is 0.336 e. The number of halogens is 2. The smallest absolute Gasteiger partial charge is 0.136 e. The Bertz CT molecular complexity index is 971. The van der Waals surface area contributed by atoms with E-state index in [0.717, 1.165) is 22.5 Å². The molecule has 0 spiro atoms. The molecule has 108 valence electrons. The first-order valence-electron chi connectivity index (χ1n) is 7.14. The summed E-state index contributed by atoms with van der Waals surface area (Å²) in [6, 6.07) is 19.9. The molecule has 1 heterocycles. The highest BCUT2D eigenvalue weighted by Gasteiger charge is 2.15. The van der Waals surface area contributed by atoms with Crippen LogP contribution in [0.3, 0.4) is 0 Å². The molecule has 0 bridgehead atoms. The van der Waals surface area contributed by atoms with Crippen molar-refractivity contribution in [1.82, 2.24) is 4.57 Å². The molecule has 4 aromatic rings. The summed E-state index contributed by atoms with van der Waals surface area (Å²) in [7, 11) is 0. The molecule has 3 heteroatoms. The number of fused-ring (bicyclic) bond motifs is 3. The Morgan fingerprint density at radius 2 is 1.50 bits per heavy atom. The van der Waals surface area contributed by atoms with Crippen molar-refractivity contribution in [3.8, 4) is 0 Å². The lowest BCUT2D eigenvalue weighted by Gasteiger charge is -2.07. The van der Waals surface area contributed by atoms with E-state index in [2.05, 4.69) is 0 Å². The van der Waals surface area contributed by atoms with Crippen LogP contribution in [0, 0.1) is 11.6 Å². The first kappa shape index (κ1) is 13.0. The second kappa shape index (κ2) is 4.95. The minimum atomic E-state index is -0.554. The van der Waals surface area contributed by atoms with Crippen LogP contribution in [0.4, 0.5) is 8.78 Å². The van der Waals surface area contributed by atoms with Crippen LogP contribution in [0.1, 0.15) is 5.56 Å². The molecule has 0 aliphatic rings. The number of benzene rings is 3. The SMILES string of the molecule is Fc1cc(F)c2c3ccccc3n(Cc3ccccc3)c2c1. The zero-order valence-electron chi connectivity index (χ0n) is 11.8. The van der Waals surface area contributed by atoms with Gasteiger partial charge in [-0.1, -0.05) is 48.5 Å². The van der Waals surface area contributed by atoms with Crippen molar-refractivity contribution in [3.63, 3.8) is 0 Å². The van der Waals surface area contributed by atoms with E-state index in [-0.39, 0.29) is 0 Å². The second-order valence-corrected chi connectivity index (χ2v) is 5.37. The maximum atomic E-state index is 14.3. The summed E-state index contributed by atoms with van der Waals surface area (Å²) in [6.45, 7) is 0.577. The van der Waals surface area contributed by atoms with Gasteiger partial charge in [0, 0.05) is 28.9 Å². The maximum absolute atomic E-state index is 14.3. The molecule has 22 heavy (non-hydrogen) atoms. The summed E-state index contributed by atoms with van der Waals surface area (Å²) in [5.74, 6) is -1.07. The van der Waals surface area contributed by atoms with Gasteiger partial charge in [-0.05, 0) is 17.7 Å². The van der Waals surface area contributed by atoms with E-state index >= 15 is 0 Å². The first-order chi connectivity index (χ1) is 10.7. The lowest BCUT2D eigenvalue weighted by Crippen LogP contribution is -1.99. The normalized spacial score (nSPS) is 11.4. The Morgan fingerprint density at radius 3 is 2.32 bits per heavy atom. The van der Waals surface area contributed by atoms with Crippen molar-refractivity contribution in [1.29, 1.82) is 0 Å². The number of hydrogen-bond acceptors (Lipinski definition) is 0. The molecule has 1 aromatic heterocycles. The van der Waals surface area contributed by atoms with Crippen LogP contribution in [0.15, 0.2) is 66.7 Å². The highest BCUT2D eigenvalue weighted by atomic mass is 19.1. The Labute approximate surface area is 126 Å². The van der Waals surface area contributed by atoms with Crippen LogP contribution in [0.25, 0.3) is 21.8 Å². The van der Waals surface area contributed by atoms with Gasteiger partial charge in [0.2, 0.25) is 0 Å². The predicted octanol–water partition coefficient (Wildman–Crippen LogP) is 5.12. The number of rotatable bonds is 2. The highest BCUT2D eigenvalue weighted by Crippen LogP contribution is 2.32. The van der Waals surface area contributed by atoms with Gasteiger partial charge in [-0.3, -0.25) is 0 Å². The van der Waals surface area contributed by atoms with E-state index in [9.17, 15) is 8.78 Å². The predicted molar refractivity (Wildman–Crippen MR) is 84.9 cm³/mol. The first-order valence-corrected chi connectivity index (χ1v) is 7.14. The zero-order chi connectivity index (χ0) is 15.1. The Morgan fingerprint density at radius 1 is 0.773 bits per heavy atom. The van der Waals surface area contributed by atoms with Gasteiger partial charge in [-0.2, -0.15) is 0 Å². The van der Waals surface area contributed by atoms with Crippen molar-refractivity contribution in [2.45, 2.75) is 6.54 Å². The van der Waals surface area contributed by atoms with E-state index in [0.29, 0.717) is 17.4 Å². The van der Waals surface area contributed by atoms with Gasteiger partial charge >= 0.3 is 0 Å². The second-order valence-electron chi connectivity index (χ2n) is 5.37. The van der Waals surface area contributed by atoms with Crippen LogP contribution in [0.5, 0.6) is 0 Å². The highest BCUT2D eigenvalue weighted by molar-refractivity contribution is 6.08. The topological polar surface area (TPSA) is 4.93 Å². The van der Waals surface area contributed by atoms with Gasteiger partial charge in [0.05, 0.1) is 5.52 Å². The fourth-order valence-corrected chi connectivity index (χ4v) is 3.03. The third-order valence-corrected chi connectivity index (χ3v) is 3.97. The molecule has 1 nitrogen and oxygen atoms in total. The summed E-state index contributed by atoms with van der Waals surface area (Å²) in [5, 5.41) is 1.29. The van der Waals surface area contributed by atoms with Crippen molar-refractivity contribution >= 4 is 21.8 Å². The molecule has 0 atom stereocenters. The third-order valence-electron chi connectivity index (χ3n) is 3.97. The molecule has 4 rings (SSSR count).